The summed E-state index contributed by atoms with van der Waals surface area (Å²) in [6.45, 7) is 2.95. The number of ether oxygens (including phenoxy) is 1. The minimum absolute atomic E-state index is 0.341. The Morgan fingerprint density at radius 3 is 2.62 bits per heavy atom. The molecule has 3 nitrogen and oxygen atoms in total. The van der Waals surface area contributed by atoms with Crippen molar-refractivity contribution in [2.45, 2.75) is 6.92 Å². The van der Waals surface area contributed by atoms with Gasteiger partial charge in [0.25, 0.3) is 0 Å². The minimum atomic E-state index is 0.341. The summed E-state index contributed by atoms with van der Waals surface area (Å²) in [5.74, 6) is 0.846. The Morgan fingerprint density at radius 2 is 2.08 bits per heavy atom. The number of carbonyl (C=O) groups excluding carboxylic acids is 1. The molecule has 0 aliphatic rings. The molecule has 70 valence electrons. The van der Waals surface area contributed by atoms with Gasteiger partial charge < -0.3 is 14.8 Å². The average molecular weight is 179 g/mol. The van der Waals surface area contributed by atoms with Gasteiger partial charge in [-0.15, -0.1) is 0 Å². The highest BCUT2D eigenvalue weighted by Gasteiger charge is 1.92. The van der Waals surface area contributed by atoms with E-state index in [0.717, 1.165) is 17.7 Å². The maximum atomic E-state index is 10.1. The topological polar surface area (TPSA) is 38.3 Å². The highest BCUT2D eigenvalue weighted by atomic mass is 16.5. The van der Waals surface area contributed by atoms with Crippen molar-refractivity contribution in [3.63, 3.8) is 0 Å². The average Bonchev–Trinajstić information content (AvgIpc) is 2.17. The molecule has 0 fully saturated rings. The van der Waals surface area contributed by atoms with Crippen LogP contribution in [-0.4, -0.2) is 19.4 Å². The van der Waals surface area contributed by atoms with Crippen LogP contribution in [0.4, 0.5) is 5.69 Å². The lowest BCUT2D eigenvalue weighted by atomic mass is 10.3. The number of nitrogens with one attached hydrogen (secondary N) is 1. The third-order valence-electron chi connectivity index (χ3n) is 1.55. The van der Waals surface area contributed by atoms with E-state index in [1.807, 2.05) is 31.2 Å². The smallest absolute Gasteiger partial charge is 0.139 e. The molecule has 1 aromatic rings. The van der Waals surface area contributed by atoms with E-state index in [1.54, 1.807) is 0 Å². The molecule has 0 radical (unpaired) electrons. The summed E-state index contributed by atoms with van der Waals surface area (Å²) in [5.41, 5.74) is 0.926. The number of rotatable bonds is 5. The Hall–Kier alpha value is -1.51. The predicted octanol–water partition coefficient (Wildman–Crippen LogP) is 1.70. The van der Waals surface area contributed by atoms with Crippen LogP contribution >= 0.6 is 0 Å². The molecular formula is C10H13NO2. The van der Waals surface area contributed by atoms with Crippen LogP contribution in [0.3, 0.4) is 0 Å². The zero-order chi connectivity index (χ0) is 9.52. The van der Waals surface area contributed by atoms with Gasteiger partial charge in [0.1, 0.15) is 12.0 Å². The minimum Gasteiger partial charge on any atom is -0.494 e. The maximum Gasteiger partial charge on any atom is 0.139 e. The molecule has 0 saturated carbocycles. The fourth-order valence-electron chi connectivity index (χ4n) is 0.995. The van der Waals surface area contributed by atoms with Crippen molar-refractivity contribution in [3.8, 4) is 5.75 Å². The number of aldehydes is 1. The number of hydrogen-bond acceptors (Lipinski definition) is 3. The van der Waals surface area contributed by atoms with E-state index < -0.39 is 0 Å². The number of carbonyl (C=O) groups is 1. The molecule has 0 bridgehead atoms. The molecule has 0 aliphatic carbocycles. The van der Waals surface area contributed by atoms with Crippen molar-refractivity contribution in [3.05, 3.63) is 24.3 Å². The summed E-state index contributed by atoms with van der Waals surface area (Å²) in [6.07, 6.45) is 0.830. The Kier molecular flexibility index (Phi) is 3.82. The monoisotopic (exact) mass is 179 g/mol. The van der Waals surface area contributed by atoms with Crippen molar-refractivity contribution in [1.29, 1.82) is 0 Å². The molecule has 0 spiro atoms. The van der Waals surface area contributed by atoms with Crippen LogP contribution in [0.25, 0.3) is 0 Å². The Morgan fingerprint density at radius 1 is 1.38 bits per heavy atom. The molecule has 0 aromatic heterocycles. The molecule has 3 heteroatoms. The molecule has 0 unspecified atom stereocenters. The first-order valence-electron chi connectivity index (χ1n) is 4.27. The lowest BCUT2D eigenvalue weighted by Crippen LogP contribution is -2.01. The van der Waals surface area contributed by atoms with Crippen LogP contribution in [0.15, 0.2) is 24.3 Å². The van der Waals surface area contributed by atoms with Crippen molar-refractivity contribution in [2.24, 2.45) is 0 Å². The van der Waals surface area contributed by atoms with Crippen LogP contribution in [0, 0.1) is 0 Å². The van der Waals surface area contributed by atoms with Crippen molar-refractivity contribution >= 4 is 12.0 Å². The lowest BCUT2D eigenvalue weighted by molar-refractivity contribution is -0.106. The summed E-state index contributed by atoms with van der Waals surface area (Å²) >= 11 is 0. The summed E-state index contributed by atoms with van der Waals surface area (Å²) in [5, 5.41) is 2.94. The van der Waals surface area contributed by atoms with E-state index in [2.05, 4.69) is 5.32 Å². The second kappa shape index (κ2) is 5.19. The summed E-state index contributed by atoms with van der Waals surface area (Å²) in [4.78, 5) is 10.1. The van der Waals surface area contributed by atoms with Gasteiger partial charge in [0.2, 0.25) is 0 Å². The number of benzene rings is 1. The van der Waals surface area contributed by atoms with E-state index in [9.17, 15) is 4.79 Å². The zero-order valence-electron chi connectivity index (χ0n) is 7.62. The van der Waals surface area contributed by atoms with Gasteiger partial charge in [-0.2, -0.15) is 0 Å². The van der Waals surface area contributed by atoms with Gasteiger partial charge in [-0.3, -0.25) is 0 Å². The molecule has 0 aliphatic heterocycles. The quantitative estimate of drug-likeness (QED) is 0.699. The highest BCUT2D eigenvalue weighted by molar-refractivity contribution is 5.59. The van der Waals surface area contributed by atoms with Gasteiger partial charge in [-0.25, -0.2) is 0 Å². The molecule has 0 atom stereocenters. The molecule has 13 heavy (non-hydrogen) atoms. The van der Waals surface area contributed by atoms with Crippen LogP contribution < -0.4 is 10.1 Å². The van der Waals surface area contributed by atoms with Crippen LogP contribution in [-0.2, 0) is 4.79 Å². The van der Waals surface area contributed by atoms with Gasteiger partial charge in [0.05, 0.1) is 13.2 Å². The van der Waals surface area contributed by atoms with Crippen LogP contribution in [0.2, 0.25) is 0 Å². The number of anilines is 1. The molecule has 0 saturated heterocycles. The van der Waals surface area contributed by atoms with Gasteiger partial charge in [0, 0.05) is 5.69 Å². The SMILES string of the molecule is CCOc1ccc(NCC=O)cc1. The highest BCUT2D eigenvalue weighted by Crippen LogP contribution is 2.14. The third-order valence-corrected chi connectivity index (χ3v) is 1.55. The lowest BCUT2D eigenvalue weighted by Gasteiger charge is -2.04. The third kappa shape index (κ3) is 3.15. The number of hydrogen-bond donors (Lipinski definition) is 1. The van der Waals surface area contributed by atoms with E-state index in [4.69, 9.17) is 4.74 Å². The van der Waals surface area contributed by atoms with Crippen LogP contribution in [0.5, 0.6) is 5.75 Å². The van der Waals surface area contributed by atoms with Crippen molar-refractivity contribution in [2.75, 3.05) is 18.5 Å². The molecule has 1 aromatic carbocycles. The summed E-state index contributed by atoms with van der Waals surface area (Å²) in [6, 6.07) is 7.51. The maximum absolute atomic E-state index is 10.1. The van der Waals surface area contributed by atoms with E-state index in [-0.39, 0.29) is 0 Å². The fourth-order valence-corrected chi connectivity index (χ4v) is 0.995. The molecule has 0 amide bonds. The zero-order valence-corrected chi connectivity index (χ0v) is 7.62. The Balaban J connectivity index is 2.53. The molecule has 1 rings (SSSR count). The van der Waals surface area contributed by atoms with Gasteiger partial charge in [-0.1, -0.05) is 0 Å². The van der Waals surface area contributed by atoms with Crippen LogP contribution in [0.1, 0.15) is 6.92 Å². The summed E-state index contributed by atoms with van der Waals surface area (Å²) in [7, 11) is 0. The van der Waals surface area contributed by atoms with Crippen molar-refractivity contribution < 1.29 is 9.53 Å². The fraction of sp³-hybridized carbons (Fsp3) is 0.300. The second-order valence-electron chi connectivity index (χ2n) is 2.50. The van der Waals surface area contributed by atoms with Crippen molar-refractivity contribution in [1.82, 2.24) is 0 Å². The largest absolute Gasteiger partial charge is 0.494 e. The normalized spacial score (nSPS) is 9.31. The second-order valence-corrected chi connectivity index (χ2v) is 2.50. The summed E-state index contributed by atoms with van der Waals surface area (Å²) < 4.78 is 5.27. The predicted molar refractivity (Wildman–Crippen MR) is 52.2 cm³/mol. The van der Waals surface area contributed by atoms with E-state index in [0.29, 0.717) is 13.2 Å². The van der Waals surface area contributed by atoms with Gasteiger partial charge >= 0.3 is 0 Å². The molecule has 0 heterocycles. The Labute approximate surface area is 77.7 Å². The standard InChI is InChI=1S/C10H13NO2/c1-2-13-10-5-3-9(4-6-10)11-7-8-12/h3-6,8,11H,2,7H2,1H3. The first kappa shape index (κ1) is 9.58. The molecular weight excluding hydrogens is 166 g/mol. The molecule has 1 N–H and O–H groups in total. The van der Waals surface area contributed by atoms with Gasteiger partial charge in [-0.05, 0) is 31.2 Å². The van der Waals surface area contributed by atoms with E-state index >= 15 is 0 Å². The Bertz CT molecular complexity index is 256. The first-order valence-corrected chi connectivity index (χ1v) is 4.27. The first-order chi connectivity index (χ1) is 6.36. The van der Waals surface area contributed by atoms with Gasteiger partial charge in [0.15, 0.2) is 0 Å². The van der Waals surface area contributed by atoms with E-state index in [1.165, 1.54) is 0 Å².